The second-order valence-electron chi connectivity index (χ2n) is 5.61. The lowest BCUT2D eigenvalue weighted by Crippen LogP contribution is -2.37. The number of nitrogens with zero attached hydrogens (tertiary/aromatic N) is 2. The van der Waals surface area contributed by atoms with E-state index in [1.54, 1.807) is 0 Å². The van der Waals surface area contributed by atoms with Gasteiger partial charge < -0.3 is 9.53 Å². The third-order valence-electron chi connectivity index (χ3n) is 4.67. The highest BCUT2D eigenvalue weighted by Crippen LogP contribution is 2.50. The number of aldehydes is 1. The van der Waals surface area contributed by atoms with Gasteiger partial charge in [0, 0.05) is 30.8 Å². The third kappa shape index (κ3) is 1.99. The minimum Gasteiger partial charge on any atom is -0.377 e. The van der Waals surface area contributed by atoms with Crippen LogP contribution in [0.1, 0.15) is 44.6 Å². The maximum atomic E-state index is 10.8. The average molecular weight is 248 g/mol. The maximum absolute atomic E-state index is 10.8. The molecule has 3 rings (SSSR count). The lowest BCUT2D eigenvalue weighted by Gasteiger charge is -2.40. The fourth-order valence-electron chi connectivity index (χ4n) is 3.75. The van der Waals surface area contributed by atoms with Gasteiger partial charge in [0.25, 0.3) is 0 Å². The summed E-state index contributed by atoms with van der Waals surface area (Å²) in [5, 5.41) is 4.37. The molecule has 3 unspecified atom stereocenters. The van der Waals surface area contributed by atoms with E-state index in [2.05, 4.69) is 9.78 Å². The van der Waals surface area contributed by atoms with Crippen molar-refractivity contribution < 1.29 is 9.53 Å². The zero-order valence-corrected chi connectivity index (χ0v) is 10.6. The normalized spacial score (nSPS) is 36.0. The predicted molar refractivity (Wildman–Crippen MR) is 67.2 cm³/mol. The molecule has 1 saturated carbocycles. The van der Waals surface area contributed by atoms with Crippen LogP contribution in [0.2, 0.25) is 0 Å². The van der Waals surface area contributed by atoms with Crippen molar-refractivity contribution in [2.24, 2.45) is 5.41 Å². The van der Waals surface area contributed by atoms with Crippen LogP contribution in [-0.4, -0.2) is 28.8 Å². The summed E-state index contributed by atoms with van der Waals surface area (Å²) in [6, 6.07) is 2.46. The van der Waals surface area contributed by atoms with Gasteiger partial charge in [-0.1, -0.05) is 6.42 Å². The Bertz CT molecular complexity index is 404. The highest BCUT2D eigenvalue weighted by Gasteiger charge is 2.46. The van der Waals surface area contributed by atoms with Crippen LogP contribution < -0.4 is 0 Å². The number of aromatic nitrogens is 2. The fourth-order valence-corrected chi connectivity index (χ4v) is 3.75. The van der Waals surface area contributed by atoms with Crippen LogP contribution in [0.3, 0.4) is 0 Å². The van der Waals surface area contributed by atoms with Crippen LogP contribution in [-0.2, 0) is 9.53 Å². The van der Waals surface area contributed by atoms with E-state index in [0.717, 1.165) is 25.7 Å². The molecular formula is C14H20N2O2. The lowest BCUT2D eigenvalue weighted by molar-refractivity contribution is -0.111. The highest BCUT2D eigenvalue weighted by molar-refractivity contribution is 5.50. The number of carbonyl (C=O) groups excluding carboxylic acids is 1. The molecule has 1 aromatic rings. The summed E-state index contributed by atoms with van der Waals surface area (Å²) in [5.74, 6) is 0. The Hall–Kier alpha value is -1.16. The first-order valence-corrected chi connectivity index (χ1v) is 6.88. The number of hydrogen-bond donors (Lipinski definition) is 0. The molecule has 1 aliphatic carbocycles. The maximum Gasteiger partial charge on any atom is 0.122 e. The Kier molecular flexibility index (Phi) is 3.20. The summed E-state index contributed by atoms with van der Waals surface area (Å²) in [6.07, 6.45) is 11.4. The second kappa shape index (κ2) is 4.84. The molecule has 98 valence electrons. The van der Waals surface area contributed by atoms with E-state index < -0.39 is 0 Å². The second-order valence-corrected chi connectivity index (χ2v) is 5.61. The molecule has 0 aromatic carbocycles. The lowest BCUT2D eigenvalue weighted by atomic mass is 9.67. The molecule has 0 amide bonds. The first kappa shape index (κ1) is 11.9. The van der Waals surface area contributed by atoms with Crippen molar-refractivity contribution in [1.29, 1.82) is 0 Å². The van der Waals surface area contributed by atoms with Gasteiger partial charge >= 0.3 is 0 Å². The van der Waals surface area contributed by atoms with Crippen molar-refractivity contribution in [2.45, 2.75) is 50.7 Å². The molecular weight excluding hydrogens is 228 g/mol. The Morgan fingerprint density at radius 2 is 2.44 bits per heavy atom. The van der Waals surface area contributed by atoms with Gasteiger partial charge in [-0.3, -0.25) is 4.68 Å². The van der Waals surface area contributed by atoms with Gasteiger partial charge in [0.05, 0.1) is 12.1 Å². The highest BCUT2D eigenvalue weighted by atomic mass is 16.5. The van der Waals surface area contributed by atoms with Crippen LogP contribution in [0.4, 0.5) is 0 Å². The largest absolute Gasteiger partial charge is 0.377 e. The van der Waals surface area contributed by atoms with Crippen LogP contribution in [0, 0.1) is 5.41 Å². The topological polar surface area (TPSA) is 44.1 Å². The van der Waals surface area contributed by atoms with Crippen molar-refractivity contribution >= 4 is 6.29 Å². The van der Waals surface area contributed by atoms with Crippen LogP contribution in [0.25, 0.3) is 0 Å². The Labute approximate surface area is 107 Å². The Balaban J connectivity index is 1.78. The van der Waals surface area contributed by atoms with Crippen molar-refractivity contribution in [3.63, 3.8) is 0 Å². The number of ether oxygens (including phenoxy) is 1. The average Bonchev–Trinajstić information content (AvgIpc) is 3.02. The molecule has 3 atom stereocenters. The predicted octanol–water partition coefficient (Wildman–Crippen LogP) is 2.36. The third-order valence-corrected chi connectivity index (χ3v) is 4.67. The monoisotopic (exact) mass is 248 g/mol. The molecule has 0 N–H and O–H groups in total. The Morgan fingerprint density at radius 3 is 3.22 bits per heavy atom. The van der Waals surface area contributed by atoms with E-state index in [0.29, 0.717) is 12.5 Å². The van der Waals surface area contributed by atoms with E-state index in [-0.39, 0.29) is 11.5 Å². The van der Waals surface area contributed by atoms with Gasteiger partial charge in [-0.25, -0.2) is 0 Å². The molecule has 0 radical (unpaired) electrons. The molecule has 1 aromatic heterocycles. The van der Waals surface area contributed by atoms with Crippen LogP contribution >= 0.6 is 0 Å². The van der Waals surface area contributed by atoms with Crippen molar-refractivity contribution in [2.75, 3.05) is 6.61 Å². The molecule has 0 bridgehead atoms. The summed E-state index contributed by atoms with van der Waals surface area (Å²) in [6.45, 7) is 0.810. The molecule has 1 aliphatic heterocycles. The summed E-state index contributed by atoms with van der Waals surface area (Å²) < 4.78 is 7.87. The van der Waals surface area contributed by atoms with Crippen molar-refractivity contribution in [3.8, 4) is 0 Å². The van der Waals surface area contributed by atoms with E-state index in [9.17, 15) is 4.79 Å². The Morgan fingerprint density at radius 1 is 1.50 bits per heavy atom. The van der Waals surface area contributed by atoms with Gasteiger partial charge in [-0.05, 0) is 31.7 Å². The van der Waals surface area contributed by atoms with Crippen molar-refractivity contribution in [1.82, 2.24) is 9.78 Å². The van der Waals surface area contributed by atoms with Gasteiger partial charge in [-0.15, -0.1) is 0 Å². The number of carbonyl (C=O) groups is 1. The van der Waals surface area contributed by atoms with Crippen molar-refractivity contribution in [3.05, 3.63) is 18.5 Å². The molecule has 2 aliphatic rings. The van der Waals surface area contributed by atoms with Gasteiger partial charge in [-0.2, -0.15) is 5.10 Å². The standard InChI is InChI=1S/C14H20N2O2/c17-9-4-13-14(6-10-18-13)5-1-3-12(11-14)16-8-2-7-15-16/h2,7-9,12-13H,1,3-6,10-11H2. The van der Waals surface area contributed by atoms with E-state index in [4.69, 9.17) is 4.74 Å². The van der Waals surface area contributed by atoms with Crippen LogP contribution in [0.15, 0.2) is 18.5 Å². The molecule has 1 saturated heterocycles. The van der Waals surface area contributed by atoms with E-state index in [1.807, 2.05) is 18.5 Å². The quantitative estimate of drug-likeness (QED) is 0.771. The number of rotatable bonds is 3. The molecule has 2 heterocycles. The van der Waals surface area contributed by atoms with Gasteiger partial charge in [0.2, 0.25) is 0 Å². The molecule has 2 fully saturated rings. The summed E-state index contributed by atoms with van der Waals surface area (Å²) in [5.41, 5.74) is 0.218. The fraction of sp³-hybridized carbons (Fsp3) is 0.714. The van der Waals surface area contributed by atoms with E-state index in [1.165, 1.54) is 19.3 Å². The van der Waals surface area contributed by atoms with Gasteiger partial charge in [0.1, 0.15) is 6.29 Å². The van der Waals surface area contributed by atoms with E-state index >= 15 is 0 Å². The molecule has 4 heteroatoms. The smallest absolute Gasteiger partial charge is 0.122 e. The molecule has 4 nitrogen and oxygen atoms in total. The summed E-state index contributed by atoms with van der Waals surface area (Å²) >= 11 is 0. The zero-order chi connectivity index (χ0) is 12.4. The zero-order valence-electron chi connectivity index (χ0n) is 10.6. The van der Waals surface area contributed by atoms with Crippen LogP contribution in [0.5, 0.6) is 0 Å². The summed E-state index contributed by atoms with van der Waals surface area (Å²) in [7, 11) is 0. The molecule has 18 heavy (non-hydrogen) atoms. The first-order valence-electron chi connectivity index (χ1n) is 6.88. The number of hydrogen-bond acceptors (Lipinski definition) is 3. The molecule has 1 spiro atoms. The minimum atomic E-state index is 0.133. The first-order chi connectivity index (χ1) is 8.84. The SMILES string of the molecule is O=CCC1OCCC12CCCC(n1cccn1)C2. The minimum absolute atomic E-state index is 0.133. The summed E-state index contributed by atoms with van der Waals surface area (Å²) in [4.78, 5) is 10.8. The van der Waals surface area contributed by atoms with Gasteiger partial charge in [0.15, 0.2) is 0 Å².